The maximum atomic E-state index is 12.8. The molecule has 4 nitrogen and oxygen atoms in total. The maximum absolute atomic E-state index is 12.8. The summed E-state index contributed by atoms with van der Waals surface area (Å²) >= 11 is 1.22. The van der Waals surface area contributed by atoms with Gasteiger partial charge in [-0.3, -0.25) is 4.79 Å². The Morgan fingerprint density at radius 3 is 2.58 bits per heavy atom. The van der Waals surface area contributed by atoms with Gasteiger partial charge in [0.25, 0.3) is 0 Å². The highest BCUT2D eigenvalue weighted by Gasteiger charge is 2.30. The first-order valence-corrected chi connectivity index (χ1v) is 8.18. The molecule has 0 spiro atoms. The molecule has 0 aliphatic heterocycles. The second-order valence-electron chi connectivity index (χ2n) is 5.49. The van der Waals surface area contributed by atoms with E-state index in [9.17, 15) is 18.0 Å². The van der Waals surface area contributed by atoms with Crippen LogP contribution in [-0.4, -0.2) is 35.4 Å². The van der Waals surface area contributed by atoms with Crippen molar-refractivity contribution < 1.29 is 18.0 Å². The van der Waals surface area contributed by atoms with Crippen LogP contribution in [0.2, 0.25) is 0 Å². The highest BCUT2D eigenvalue weighted by Crippen LogP contribution is 2.33. The number of halogens is 5. The molecule has 2 aromatic rings. The summed E-state index contributed by atoms with van der Waals surface area (Å²) < 4.78 is 38.3. The fraction of sp³-hybridized carbons (Fsp3) is 0.375. The molecule has 10 heteroatoms. The lowest BCUT2D eigenvalue weighted by Crippen LogP contribution is -2.40. The number of carbonyl (C=O) groups is 1. The molecule has 1 aromatic carbocycles. The molecular formula is C16H20Cl2F3N3OS. The van der Waals surface area contributed by atoms with Crippen molar-refractivity contribution in [3.63, 3.8) is 0 Å². The molecule has 1 amide bonds. The van der Waals surface area contributed by atoms with Gasteiger partial charge in [-0.25, -0.2) is 4.98 Å². The first kappa shape index (κ1) is 24.7. The maximum Gasteiger partial charge on any atom is 0.416 e. The zero-order chi connectivity index (χ0) is 17.9. The van der Waals surface area contributed by atoms with Gasteiger partial charge in [-0.2, -0.15) is 13.2 Å². The Kier molecular flexibility index (Phi) is 9.58. The zero-order valence-corrected chi connectivity index (χ0v) is 16.6. The molecule has 0 saturated heterocycles. The van der Waals surface area contributed by atoms with E-state index in [2.05, 4.69) is 4.98 Å². The minimum Gasteiger partial charge on any atom is -0.341 e. The summed E-state index contributed by atoms with van der Waals surface area (Å²) in [5.41, 5.74) is 5.74. The Bertz CT molecular complexity index is 725. The van der Waals surface area contributed by atoms with Crippen LogP contribution in [0.3, 0.4) is 0 Å². The molecule has 2 rings (SSSR count). The number of hydrogen-bond acceptors (Lipinski definition) is 4. The zero-order valence-electron chi connectivity index (χ0n) is 14.1. The number of thiazole rings is 1. The summed E-state index contributed by atoms with van der Waals surface area (Å²) in [6.07, 6.45) is -4.30. The van der Waals surface area contributed by atoms with E-state index in [-0.39, 0.29) is 43.2 Å². The lowest BCUT2D eigenvalue weighted by molar-refractivity contribution is -0.137. The summed E-state index contributed by atoms with van der Waals surface area (Å²) in [7, 11) is 1.67. The third-order valence-corrected chi connectivity index (χ3v) is 4.66. The predicted molar refractivity (Wildman–Crippen MR) is 102 cm³/mol. The van der Waals surface area contributed by atoms with Crippen LogP contribution in [-0.2, 0) is 17.4 Å². The summed E-state index contributed by atoms with van der Waals surface area (Å²) in [4.78, 5) is 18.0. The molecule has 0 radical (unpaired) electrons. The van der Waals surface area contributed by atoms with E-state index >= 15 is 0 Å². The topological polar surface area (TPSA) is 59.2 Å². The fourth-order valence-corrected chi connectivity index (χ4v) is 2.85. The SMILES string of the molecule is CC(CN)N(C)C(=O)Cc1csc(-c2cccc(C(F)(F)F)c2)n1.Cl.Cl. The Labute approximate surface area is 166 Å². The largest absolute Gasteiger partial charge is 0.416 e. The minimum atomic E-state index is -4.40. The Balaban J connectivity index is 0.00000312. The van der Waals surface area contributed by atoms with E-state index in [1.165, 1.54) is 17.4 Å². The molecule has 0 saturated carbocycles. The number of alkyl halides is 3. The number of rotatable bonds is 5. The van der Waals surface area contributed by atoms with Crippen LogP contribution in [0, 0.1) is 0 Å². The third-order valence-electron chi connectivity index (χ3n) is 3.72. The van der Waals surface area contributed by atoms with Crippen molar-refractivity contribution in [2.45, 2.75) is 25.6 Å². The molecule has 146 valence electrons. The predicted octanol–water partition coefficient (Wildman–Crippen LogP) is 4.02. The molecule has 26 heavy (non-hydrogen) atoms. The molecule has 0 bridgehead atoms. The molecule has 0 aliphatic carbocycles. The molecule has 1 unspecified atom stereocenters. The summed E-state index contributed by atoms with van der Waals surface area (Å²) in [5.74, 6) is -0.131. The van der Waals surface area contributed by atoms with Gasteiger partial charge in [0.2, 0.25) is 5.91 Å². The summed E-state index contributed by atoms with van der Waals surface area (Å²) in [6.45, 7) is 2.20. The molecule has 1 aromatic heterocycles. The lowest BCUT2D eigenvalue weighted by Gasteiger charge is -2.23. The van der Waals surface area contributed by atoms with E-state index in [1.54, 1.807) is 23.4 Å². The van der Waals surface area contributed by atoms with Gasteiger partial charge in [-0.15, -0.1) is 36.2 Å². The number of hydrogen-bond donors (Lipinski definition) is 1. The number of nitrogens with two attached hydrogens (primary N) is 1. The first-order chi connectivity index (χ1) is 11.2. The first-order valence-electron chi connectivity index (χ1n) is 7.30. The minimum absolute atomic E-state index is 0. The Morgan fingerprint density at radius 2 is 2.00 bits per heavy atom. The smallest absolute Gasteiger partial charge is 0.341 e. The average molecular weight is 430 g/mol. The molecule has 2 N–H and O–H groups in total. The molecule has 1 heterocycles. The Morgan fingerprint density at radius 1 is 1.35 bits per heavy atom. The van der Waals surface area contributed by atoms with Gasteiger partial charge in [-0.1, -0.05) is 12.1 Å². The van der Waals surface area contributed by atoms with Gasteiger partial charge < -0.3 is 10.6 Å². The van der Waals surface area contributed by atoms with Gasteiger partial charge in [0, 0.05) is 30.6 Å². The van der Waals surface area contributed by atoms with Crippen LogP contribution < -0.4 is 5.73 Å². The van der Waals surface area contributed by atoms with Gasteiger partial charge in [-0.05, 0) is 19.1 Å². The van der Waals surface area contributed by atoms with Gasteiger partial charge >= 0.3 is 6.18 Å². The second-order valence-corrected chi connectivity index (χ2v) is 6.35. The monoisotopic (exact) mass is 429 g/mol. The van der Waals surface area contributed by atoms with Crippen LogP contribution in [0.25, 0.3) is 10.6 Å². The normalized spacial score (nSPS) is 11.9. The van der Waals surface area contributed by atoms with Crippen LogP contribution in [0.5, 0.6) is 0 Å². The number of benzene rings is 1. The number of aromatic nitrogens is 1. The second kappa shape index (κ2) is 10.1. The quantitative estimate of drug-likeness (QED) is 0.780. The molecule has 0 fully saturated rings. The van der Waals surface area contributed by atoms with Gasteiger partial charge in [0.15, 0.2) is 0 Å². The van der Waals surface area contributed by atoms with E-state index in [0.717, 1.165) is 12.1 Å². The Hall–Kier alpha value is -1.35. The van der Waals surface area contributed by atoms with Gasteiger partial charge in [0.05, 0.1) is 17.7 Å². The van der Waals surface area contributed by atoms with Crippen LogP contribution in [0.1, 0.15) is 18.2 Å². The van der Waals surface area contributed by atoms with Crippen LogP contribution >= 0.6 is 36.2 Å². The van der Waals surface area contributed by atoms with E-state index in [4.69, 9.17) is 5.73 Å². The highest BCUT2D eigenvalue weighted by molar-refractivity contribution is 7.13. The van der Waals surface area contributed by atoms with E-state index < -0.39 is 11.7 Å². The number of nitrogens with zero attached hydrogens (tertiary/aromatic N) is 2. The van der Waals surface area contributed by atoms with Crippen LogP contribution in [0.4, 0.5) is 13.2 Å². The molecule has 1 atom stereocenters. The molecule has 0 aliphatic rings. The van der Waals surface area contributed by atoms with E-state index in [1.807, 2.05) is 6.92 Å². The summed E-state index contributed by atoms with van der Waals surface area (Å²) in [6, 6.07) is 4.92. The van der Waals surface area contributed by atoms with Crippen molar-refractivity contribution in [2.24, 2.45) is 5.73 Å². The van der Waals surface area contributed by atoms with Crippen molar-refractivity contribution in [1.29, 1.82) is 0 Å². The lowest BCUT2D eigenvalue weighted by atomic mass is 10.1. The fourth-order valence-electron chi connectivity index (χ4n) is 2.03. The van der Waals surface area contributed by atoms with Crippen molar-refractivity contribution in [3.8, 4) is 10.6 Å². The number of likely N-dealkylation sites (N-methyl/N-ethyl adjacent to an activating group) is 1. The van der Waals surface area contributed by atoms with E-state index in [0.29, 0.717) is 22.8 Å². The van der Waals surface area contributed by atoms with Crippen molar-refractivity contribution >= 4 is 42.1 Å². The van der Waals surface area contributed by atoms with Crippen molar-refractivity contribution in [3.05, 3.63) is 40.9 Å². The standard InChI is InChI=1S/C16H18F3N3OS.2ClH/c1-10(8-20)22(2)14(23)7-13-9-24-15(21-13)11-4-3-5-12(6-11)16(17,18)19;;/h3-6,9-10H,7-8,20H2,1-2H3;2*1H. The van der Waals surface area contributed by atoms with Gasteiger partial charge in [0.1, 0.15) is 5.01 Å². The highest BCUT2D eigenvalue weighted by atomic mass is 35.5. The third kappa shape index (κ3) is 6.12. The average Bonchev–Trinajstić information content (AvgIpc) is 3.01. The van der Waals surface area contributed by atoms with Crippen molar-refractivity contribution in [1.82, 2.24) is 9.88 Å². The van der Waals surface area contributed by atoms with Crippen molar-refractivity contribution in [2.75, 3.05) is 13.6 Å². The summed E-state index contributed by atoms with van der Waals surface area (Å²) in [5, 5.41) is 2.15. The molecular weight excluding hydrogens is 410 g/mol. The van der Waals surface area contributed by atoms with Crippen LogP contribution in [0.15, 0.2) is 29.6 Å². The number of carbonyl (C=O) groups excluding carboxylic acids is 1. The number of amides is 1.